The molecule has 0 bridgehead atoms. The van der Waals surface area contributed by atoms with Gasteiger partial charge in [-0.25, -0.2) is 0 Å². The van der Waals surface area contributed by atoms with Crippen LogP contribution < -0.4 is 5.32 Å². The summed E-state index contributed by atoms with van der Waals surface area (Å²) in [5, 5.41) is 3.57. The summed E-state index contributed by atoms with van der Waals surface area (Å²) in [6.45, 7) is 9.38. The Morgan fingerprint density at radius 1 is 1.53 bits per heavy atom. The molecule has 0 amide bonds. The minimum absolute atomic E-state index is 0.309. The quantitative estimate of drug-likeness (QED) is 0.900. The molecule has 19 heavy (non-hydrogen) atoms. The highest BCUT2D eigenvalue weighted by molar-refractivity contribution is 9.10. The molecule has 1 saturated heterocycles. The van der Waals surface area contributed by atoms with Crippen molar-refractivity contribution >= 4 is 15.9 Å². The van der Waals surface area contributed by atoms with Crippen LogP contribution in [0.25, 0.3) is 0 Å². The van der Waals surface area contributed by atoms with Crippen LogP contribution in [0, 0.1) is 0 Å². The van der Waals surface area contributed by atoms with Gasteiger partial charge < -0.3 is 10.1 Å². The lowest BCUT2D eigenvalue weighted by atomic mass is 10.1. The van der Waals surface area contributed by atoms with Crippen LogP contribution in [0.15, 0.2) is 28.7 Å². The third-order valence-electron chi connectivity index (χ3n) is 3.67. The van der Waals surface area contributed by atoms with E-state index >= 15 is 0 Å². The first-order valence-corrected chi connectivity index (χ1v) is 7.81. The lowest BCUT2D eigenvalue weighted by Crippen LogP contribution is -2.46. The van der Waals surface area contributed by atoms with Gasteiger partial charge in [-0.05, 0) is 31.2 Å². The van der Waals surface area contributed by atoms with Crippen molar-refractivity contribution in [1.29, 1.82) is 0 Å². The van der Waals surface area contributed by atoms with Crippen LogP contribution in [0.5, 0.6) is 0 Å². The van der Waals surface area contributed by atoms with Gasteiger partial charge in [0, 0.05) is 30.1 Å². The molecule has 1 aromatic carbocycles. The van der Waals surface area contributed by atoms with Gasteiger partial charge in [0.25, 0.3) is 0 Å². The van der Waals surface area contributed by atoms with Gasteiger partial charge in [-0.1, -0.05) is 35.0 Å². The molecule has 1 fully saturated rings. The van der Waals surface area contributed by atoms with Crippen LogP contribution in [-0.4, -0.2) is 43.8 Å². The number of likely N-dealkylation sites (N-methyl/N-ethyl adjacent to an activating group) is 1. The smallest absolute Gasteiger partial charge is 0.0826 e. The summed E-state index contributed by atoms with van der Waals surface area (Å²) in [4.78, 5) is 2.44. The SMILES string of the molecule is CCN1CCOC(CNC(C)c2cccc(Br)c2)C1. The second kappa shape index (κ2) is 7.39. The predicted octanol–water partition coefficient (Wildman–Crippen LogP) is 2.82. The zero-order valence-electron chi connectivity index (χ0n) is 11.7. The van der Waals surface area contributed by atoms with Crippen LogP contribution >= 0.6 is 15.9 Å². The van der Waals surface area contributed by atoms with Gasteiger partial charge in [0.15, 0.2) is 0 Å². The van der Waals surface area contributed by atoms with Crippen molar-refractivity contribution in [2.75, 3.05) is 32.8 Å². The van der Waals surface area contributed by atoms with E-state index < -0.39 is 0 Å². The van der Waals surface area contributed by atoms with Crippen molar-refractivity contribution in [3.63, 3.8) is 0 Å². The van der Waals surface area contributed by atoms with E-state index in [9.17, 15) is 0 Å². The lowest BCUT2D eigenvalue weighted by molar-refractivity contribution is -0.0262. The molecule has 1 aromatic rings. The Morgan fingerprint density at radius 3 is 3.11 bits per heavy atom. The Bertz CT molecular complexity index is 399. The maximum Gasteiger partial charge on any atom is 0.0826 e. The Hall–Kier alpha value is -0.420. The van der Waals surface area contributed by atoms with E-state index in [0.29, 0.717) is 12.1 Å². The van der Waals surface area contributed by atoms with Gasteiger partial charge in [-0.2, -0.15) is 0 Å². The lowest BCUT2D eigenvalue weighted by Gasteiger charge is -2.32. The van der Waals surface area contributed by atoms with E-state index in [-0.39, 0.29) is 0 Å². The summed E-state index contributed by atoms with van der Waals surface area (Å²) >= 11 is 3.52. The van der Waals surface area contributed by atoms with E-state index in [2.05, 4.69) is 64.3 Å². The zero-order chi connectivity index (χ0) is 13.7. The summed E-state index contributed by atoms with van der Waals surface area (Å²) in [5.41, 5.74) is 1.30. The summed E-state index contributed by atoms with van der Waals surface area (Å²) in [5.74, 6) is 0. The first-order chi connectivity index (χ1) is 9.19. The molecule has 2 atom stereocenters. The topological polar surface area (TPSA) is 24.5 Å². The normalized spacial score (nSPS) is 22.4. The van der Waals surface area contributed by atoms with Gasteiger partial charge in [0.05, 0.1) is 12.7 Å². The fourth-order valence-electron chi connectivity index (χ4n) is 2.39. The fourth-order valence-corrected chi connectivity index (χ4v) is 2.81. The molecule has 1 N–H and O–H groups in total. The van der Waals surface area contributed by atoms with E-state index in [4.69, 9.17) is 4.74 Å². The first kappa shape index (κ1) is 15.0. The second-order valence-electron chi connectivity index (χ2n) is 5.07. The minimum Gasteiger partial charge on any atom is -0.374 e. The van der Waals surface area contributed by atoms with Gasteiger partial charge in [-0.15, -0.1) is 0 Å². The van der Waals surface area contributed by atoms with Gasteiger partial charge in [-0.3, -0.25) is 4.90 Å². The number of nitrogens with one attached hydrogen (secondary N) is 1. The Morgan fingerprint density at radius 2 is 2.37 bits per heavy atom. The fraction of sp³-hybridized carbons (Fsp3) is 0.600. The van der Waals surface area contributed by atoms with Crippen LogP contribution in [0.3, 0.4) is 0 Å². The maximum atomic E-state index is 5.81. The molecule has 1 aliphatic rings. The highest BCUT2D eigenvalue weighted by Crippen LogP contribution is 2.18. The Kier molecular flexibility index (Phi) is 5.82. The van der Waals surface area contributed by atoms with Crippen LogP contribution in [0.2, 0.25) is 0 Å². The number of rotatable bonds is 5. The molecule has 3 nitrogen and oxygen atoms in total. The number of ether oxygens (including phenoxy) is 1. The largest absolute Gasteiger partial charge is 0.374 e. The van der Waals surface area contributed by atoms with Crippen LogP contribution in [0.1, 0.15) is 25.5 Å². The van der Waals surface area contributed by atoms with E-state index in [1.807, 2.05) is 0 Å². The number of hydrogen-bond acceptors (Lipinski definition) is 3. The maximum absolute atomic E-state index is 5.81. The zero-order valence-corrected chi connectivity index (χ0v) is 13.3. The molecule has 0 spiro atoms. The van der Waals surface area contributed by atoms with Gasteiger partial charge >= 0.3 is 0 Å². The summed E-state index contributed by atoms with van der Waals surface area (Å²) < 4.78 is 6.94. The van der Waals surface area contributed by atoms with E-state index in [1.165, 1.54) is 5.56 Å². The van der Waals surface area contributed by atoms with E-state index in [1.54, 1.807) is 0 Å². The summed E-state index contributed by atoms with van der Waals surface area (Å²) in [7, 11) is 0. The second-order valence-corrected chi connectivity index (χ2v) is 5.99. The average Bonchev–Trinajstić information content (AvgIpc) is 2.45. The number of nitrogens with zero attached hydrogens (tertiary/aromatic N) is 1. The van der Waals surface area contributed by atoms with Crippen molar-refractivity contribution in [3.05, 3.63) is 34.3 Å². The number of hydrogen-bond donors (Lipinski definition) is 1. The highest BCUT2D eigenvalue weighted by Gasteiger charge is 2.19. The standard InChI is InChI=1S/C15H23BrN2O/c1-3-18-7-8-19-15(11-18)10-17-12(2)13-5-4-6-14(16)9-13/h4-6,9,12,15,17H,3,7-8,10-11H2,1-2H3. The van der Waals surface area contributed by atoms with E-state index in [0.717, 1.165) is 37.3 Å². The molecule has 2 rings (SSSR count). The summed E-state index contributed by atoms with van der Waals surface area (Å²) in [6.07, 6.45) is 0.309. The molecular weight excluding hydrogens is 304 g/mol. The molecule has 0 saturated carbocycles. The van der Waals surface area contributed by atoms with Crippen molar-refractivity contribution in [2.45, 2.75) is 26.0 Å². The molecule has 0 radical (unpaired) electrons. The number of morpholine rings is 1. The number of halogens is 1. The van der Waals surface area contributed by atoms with Crippen molar-refractivity contribution < 1.29 is 4.74 Å². The molecule has 0 aromatic heterocycles. The van der Waals surface area contributed by atoms with Crippen LogP contribution in [0.4, 0.5) is 0 Å². The van der Waals surface area contributed by atoms with Gasteiger partial charge in [0.1, 0.15) is 0 Å². The van der Waals surface area contributed by atoms with Crippen molar-refractivity contribution in [3.8, 4) is 0 Å². The van der Waals surface area contributed by atoms with Crippen LogP contribution in [-0.2, 0) is 4.74 Å². The first-order valence-electron chi connectivity index (χ1n) is 7.02. The predicted molar refractivity (Wildman–Crippen MR) is 82.4 cm³/mol. The molecule has 4 heteroatoms. The molecular formula is C15H23BrN2O. The minimum atomic E-state index is 0.309. The Labute approximate surface area is 124 Å². The third-order valence-corrected chi connectivity index (χ3v) is 4.16. The summed E-state index contributed by atoms with van der Waals surface area (Å²) in [6, 6.07) is 8.80. The van der Waals surface area contributed by atoms with Crippen molar-refractivity contribution in [2.24, 2.45) is 0 Å². The third kappa shape index (κ3) is 4.56. The number of benzene rings is 1. The average molecular weight is 327 g/mol. The molecule has 1 aliphatic heterocycles. The monoisotopic (exact) mass is 326 g/mol. The molecule has 2 unspecified atom stereocenters. The van der Waals surface area contributed by atoms with Gasteiger partial charge in [0.2, 0.25) is 0 Å². The Balaban J connectivity index is 1.81. The van der Waals surface area contributed by atoms with Crippen molar-refractivity contribution in [1.82, 2.24) is 10.2 Å². The highest BCUT2D eigenvalue weighted by atomic mass is 79.9. The molecule has 0 aliphatic carbocycles. The molecule has 106 valence electrons. The molecule has 1 heterocycles.